The van der Waals surface area contributed by atoms with Gasteiger partial charge in [0.15, 0.2) is 0 Å². The van der Waals surface area contributed by atoms with Crippen LogP contribution in [0.3, 0.4) is 0 Å². The van der Waals surface area contributed by atoms with Crippen LogP contribution in [-0.4, -0.2) is 58.5 Å². The van der Waals surface area contributed by atoms with E-state index in [2.05, 4.69) is 21.2 Å². The van der Waals surface area contributed by atoms with Gasteiger partial charge < -0.3 is 19.7 Å². The number of para-hydroxylation sites is 2. The molecule has 0 saturated heterocycles. The van der Waals surface area contributed by atoms with Crippen molar-refractivity contribution in [1.29, 1.82) is 0 Å². The van der Waals surface area contributed by atoms with E-state index < -0.39 is 28.5 Å². The van der Waals surface area contributed by atoms with Crippen LogP contribution < -0.4 is 19.1 Å². The lowest BCUT2D eigenvalue weighted by Gasteiger charge is -2.32. The van der Waals surface area contributed by atoms with Crippen molar-refractivity contribution in [2.45, 2.75) is 37.8 Å². The number of carbonyl (C=O) groups excluding carboxylic acids is 2. The highest BCUT2D eigenvalue weighted by Crippen LogP contribution is 2.33. The normalized spacial score (nSPS) is 11.8. The lowest BCUT2D eigenvalue weighted by molar-refractivity contribution is -0.139. The fourth-order valence-corrected chi connectivity index (χ4v) is 5.91. The second kappa shape index (κ2) is 14.2. The number of methoxy groups -OCH3 is 2. The molecule has 0 aromatic heterocycles. The van der Waals surface area contributed by atoms with Crippen LogP contribution >= 0.6 is 15.9 Å². The lowest BCUT2D eigenvalue weighted by atomic mass is 10.1. The van der Waals surface area contributed by atoms with Crippen molar-refractivity contribution in [3.05, 3.63) is 82.8 Å². The molecule has 40 heavy (non-hydrogen) atoms. The predicted octanol–water partition coefficient (Wildman–Crippen LogP) is 4.61. The molecule has 214 valence electrons. The maximum absolute atomic E-state index is 14.0. The number of sulfonamides is 1. The molecule has 3 aromatic rings. The first-order valence-electron chi connectivity index (χ1n) is 12.7. The van der Waals surface area contributed by atoms with Gasteiger partial charge in [-0.15, -0.1) is 0 Å². The zero-order chi connectivity index (χ0) is 29.3. The molecule has 0 heterocycles. The first kappa shape index (κ1) is 31.0. The fraction of sp³-hybridized carbons (Fsp3) is 0.310. The number of carbonyl (C=O) groups is 2. The Morgan fingerprint density at radius 1 is 0.975 bits per heavy atom. The summed E-state index contributed by atoms with van der Waals surface area (Å²) in [5.74, 6) is -0.111. The molecule has 0 aliphatic carbocycles. The summed E-state index contributed by atoms with van der Waals surface area (Å²) in [6, 6.07) is 19.0. The third-order valence-electron chi connectivity index (χ3n) is 6.24. The minimum absolute atomic E-state index is 0.0284. The second-order valence-electron chi connectivity index (χ2n) is 8.98. The predicted molar refractivity (Wildman–Crippen MR) is 158 cm³/mol. The minimum Gasteiger partial charge on any atom is -0.497 e. The first-order valence-corrected chi connectivity index (χ1v) is 15.0. The SMILES string of the molecule is CCCNC(=O)[C@@H](C)N(Cc1cccc(Br)c1)C(=O)CN(c1ccccc1OC)S(=O)(=O)c1ccc(OC)cc1. The molecule has 3 rings (SSSR count). The van der Waals surface area contributed by atoms with E-state index in [9.17, 15) is 18.0 Å². The van der Waals surface area contributed by atoms with E-state index in [1.807, 2.05) is 31.2 Å². The molecule has 0 fully saturated rings. The van der Waals surface area contributed by atoms with E-state index in [4.69, 9.17) is 9.47 Å². The zero-order valence-corrected chi connectivity index (χ0v) is 25.4. The van der Waals surface area contributed by atoms with Crippen LogP contribution in [0.2, 0.25) is 0 Å². The summed E-state index contributed by atoms with van der Waals surface area (Å²) in [6.45, 7) is 3.56. The van der Waals surface area contributed by atoms with Gasteiger partial charge in [-0.1, -0.05) is 47.1 Å². The molecule has 2 amide bonds. The zero-order valence-electron chi connectivity index (χ0n) is 23.0. The number of rotatable bonds is 13. The number of anilines is 1. The van der Waals surface area contributed by atoms with E-state index in [-0.39, 0.29) is 28.8 Å². The van der Waals surface area contributed by atoms with Crippen LogP contribution in [-0.2, 0) is 26.2 Å². The molecule has 1 N–H and O–H groups in total. The molecular weight excluding hydrogens is 598 g/mol. The minimum atomic E-state index is -4.24. The molecule has 11 heteroatoms. The van der Waals surface area contributed by atoms with E-state index in [0.717, 1.165) is 20.8 Å². The smallest absolute Gasteiger partial charge is 0.264 e. The summed E-state index contributed by atoms with van der Waals surface area (Å²) in [6.07, 6.45) is 0.736. The number of amides is 2. The Balaban J connectivity index is 2.06. The molecule has 0 bridgehead atoms. The third-order valence-corrected chi connectivity index (χ3v) is 8.51. The standard InChI is InChI=1S/C29H34BrN3O6S/c1-5-17-31-29(35)21(2)32(19-22-9-8-10-23(30)18-22)28(34)20-33(26-11-6-7-12-27(26)39-4)40(36,37)25-15-13-24(38-3)14-16-25/h6-16,18,21H,5,17,19-20H2,1-4H3,(H,31,35)/t21-/m1/s1. The van der Waals surface area contributed by atoms with Gasteiger partial charge in [-0.3, -0.25) is 13.9 Å². The van der Waals surface area contributed by atoms with Crippen molar-refractivity contribution in [3.8, 4) is 11.5 Å². The fourth-order valence-electron chi connectivity index (χ4n) is 4.03. The molecule has 3 aromatic carbocycles. The number of nitrogens with one attached hydrogen (secondary N) is 1. The quantitative estimate of drug-likeness (QED) is 0.295. The summed E-state index contributed by atoms with van der Waals surface area (Å²) in [4.78, 5) is 28.3. The maximum Gasteiger partial charge on any atom is 0.264 e. The molecule has 0 aliphatic heterocycles. The molecular formula is C29H34BrN3O6S. The first-order chi connectivity index (χ1) is 19.1. The van der Waals surface area contributed by atoms with Crippen molar-refractivity contribution in [1.82, 2.24) is 10.2 Å². The van der Waals surface area contributed by atoms with Crippen LogP contribution in [0.4, 0.5) is 5.69 Å². The van der Waals surface area contributed by atoms with Gasteiger partial charge in [0.25, 0.3) is 10.0 Å². The van der Waals surface area contributed by atoms with Crippen molar-refractivity contribution in [2.24, 2.45) is 0 Å². The molecule has 0 radical (unpaired) electrons. The van der Waals surface area contributed by atoms with Gasteiger partial charge in [-0.05, 0) is 67.4 Å². The Morgan fingerprint density at radius 2 is 1.68 bits per heavy atom. The number of hydrogen-bond donors (Lipinski definition) is 1. The number of hydrogen-bond acceptors (Lipinski definition) is 6. The van der Waals surface area contributed by atoms with Gasteiger partial charge >= 0.3 is 0 Å². The Bertz CT molecular complexity index is 1420. The number of benzene rings is 3. The number of nitrogens with zero attached hydrogens (tertiary/aromatic N) is 2. The lowest BCUT2D eigenvalue weighted by Crippen LogP contribution is -2.51. The second-order valence-corrected chi connectivity index (χ2v) is 11.8. The van der Waals surface area contributed by atoms with Crippen molar-refractivity contribution >= 4 is 43.5 Å². The van der Waals surface area contributed by atoms with Crippen LogP contribution in [0.5, 0.6) is 11.5 Å². The largest absolute Gasteiger partial charge is 0.497 e. The summed E-state index contributed by atoms with van der Waals surface area (Å²) >= 11 is 3.45. The Hall–Kier alpha value is -3.57. The number of ether oxygens (including phenoxy) is 2. The third kappa shape index (κ3) is 7.54. The summed E-state index contributed by atoms with van der Waals surface area (Å²) < 4.78 is 40.4. The molecule has 0 aliphatic rings. The Morgan fingerprint density at radius 3 is 2.30 bits per heavy atom. The maximum atomic E-state index is 14.0. The summed E-state index contributed by atoms with van der Waals surface area (Å²) in [7, 11) is -1.32. The highest BCUT2D eigenvalue weighted by molar-refractivity contribution is 9.10. The van der Waals surface area contributed by atoms with Crippen molar-refractivity contribution < 1.29 is 27.5 Å². The van der Waals surface area contributed by atoms with Gasteiger partial charge in [-0.25, -0.2) is 8.42 Å². The number of halogens is 1. The molecule has 0 spiro atoms. The average molecular weight is 633 g/mol. The van der Waals surface area contributed by atoms with Crippen molar-refractivity contribution in [3.63, 3.8) is 0 Å². The van der Waals surface area contributed by atoms with Crippen LogP contribution in [0.1, 0.15) is 25.8 Å². The van der Waals surface area contributed by atoms with Gasteiger partial charge in [0.05, 0.1) is 24.8 Å². The van der Waals surface area contributed by atoms with Crippen LogP contribution in [0, 0.1) is 0 Å². The highest BCUT2D eigenvalue weighted by atomic mass is 79.9. The van der Waals surface area contributed by atoms with E-state index >= 15 is 0 Å². The van der Waals surface area contributed by atoms with Crippen molar-refractivity contribution in [2.75, 3.05) is 31.6 Å². The monoisotopic (exact) mass is 631 g/mol. The van der Waals surface area contributed by atoms with E-state index in [0.29, 0.717) is 12.3 Å². The van der Waals surface area contributed by atoms with E-state index in [1.165, 1.54) is 43.4 Å². The van der Waals surface area contributed by atoms with Crippen LogP contribution in [0.25, 0.3) is 0 Å². The van der Waals surface area contributed by atoms with Gasteiger partial charge in [0.1, 0.15) is 24.1 Å². The molecule has 9 nitrogen and oxygen atoms in total. The average Bonchev–Trinajstić information content (AvgIpc) is 2.96. The Labute approximate surface area is 244 Å². The Kier molecular flexibility index (Phi) is 11.0. The van der Waals surface area contributed by atoms with E-state index in [1.54, 1.807) is 31.2 Å². The molecule has 0 unspecified atom stereocenters. The highest BCUT2D eigenvalue weighted by Gasteiger charge is 2.33. The van der Waals surface area contributed by atoms with Gasteiger partial charge in [0.2, 0.25) is 11.8 Å². The van der Waals surface area contributed by atoms with Gasteiger partial charge in [0, 0.05) is 17.6 Å². The summed E-state index contributed by atoms with van der Waals surface area (Å²) in [5, 5.41) is 2.83. The van der Waals surface area contributed by atoms with Crippen LogP contribution in [0.15, 0.2) is 82.2 Å². The van der Waals surface area contributed by atoms with Gasteiger partial charge in [-0.2, -0.15) is 0 Å². The molecule has 1 atom stereocenters. The summed E-state index contributed by atoms with van der Waals surface area (Å²) in [5.41, 5.74) is 0.972. The molecule has 0 saturated carbocycles. The topological polar surface area (TPSA) is 105 Å².